The Bertz CT molecular complexity index is 1440. The van der Waals surface area contributed by atoms with Crippen molar-refractivity contribution in [1.29, 1.82) is 0 Å². The van der Waals surface area contributed by atoms with Crippen molar-refractivity contribution in [3.63, 3.8) is 0 Å². The van der Waals surface area contributed by atoms with Crippen molar-refractivity contribution in [3.8, 4) is 22.7 Å². The molecule has 1 N–H and O–H groups in total. The minimum atomic E-state index is -0.284. The number of hydrogen-bond acceptors (Lipinski definition) is 4. The Kier molecular flexibility index (Phi) is 5.81. The quantitative estimate of drug-likeness (QED) is 0.279. The molecule has 0 fully saturated rings. The van der Waals surface area contributed by atoms with Gasteiger partial charge in [0.2, 0.25) is 0 Å². The number of nitrogens with one attached hydrogen (secondary N) is 1. The summed E-state index contributed by atoms with van der Waals surface area (Å²) < 4.78 is 6.99. The molecule has 0 atom stereocenters. The van der Waals surface area contributed by atoms with E-state index in [1.807, 2.05) is 59.3 Å². The highest BCUT2D eigenvalue weighted by molar-refractivity contribution is 7.21. The maximum atomic E-state index is 13.1. The number of hydrogen-bond donors (Lipinski definition) is 1. The van der Waals surface area contributed by atoms with E-state index in [1.165, 1.54) is 11.3 Å². The summed E-state index contributed by atoms with van der Waals surface area (Å²) in [5.41, 5.74) is 3.08. The average Bonchev–Trinajstić information content (AvgIpc) is 3.38. The fourth-order valence-electron chi connectivity index (χ4n) is 3.51. The smallest absolute Gasteiger partial charge is 0.267 e. The predicted molar refractivity (Wildman–Crippen MR) is 135 cm³/mol. The number of thiophene rings is 1. The average molecular weight is 494 g/mol. The Balaban J connectivity index is 1.62. The molecular weight excluding hydrogens is 477 g/mol. The number of para-hydroxylation sites is 1. The lowest BCUT2D eigenvalue weighted by Gasteiger charge is -2.06. The van der Waals surface area contributed by atoms with Crippen molar-refractivity contribution in [2.24, 2.45) is 0 Å². The van der Waals surface area contributed by atoms with Gasteiger partial charge in [0.15, 0.2) is 0 Å². The van der Waals surface area contributed by atoms with Crippen molar-refractivity contribution in [2.45, 2.75) is 0 Å². The van der Waals surface area contributed by atoms with Gasteiger partial charge in [-0.3, -0.25) is 4.79 Å². The summed E-state index contributed by atoms with van der Waals surface area (Å²) in [7, 11) is 1.60. The molecule has 0 bridgehead atoms. The van der Waals surface area contributed by atoms with Crippen LogP contribution in [0.15, 0.2) is 78.9 Å². The number of nitrogens with zero attached hydrogens (tertiary/aromatic N) is 2. The van der Waals surface area contributed by atoms with E-state index in [1.54, 1.807) is 31.4 Å². The van der Waals surface area contributed by atoms with Gasteiger partial charge in [0.1, 0.15) is 21.2 Å². The molecule has 0 radical (unpaired) electrons. The van der Waals surface area contributed by atoms with Crippen LogP contribution in [0.2, 0.25) is 10.0 Å². The molecule has 8 heteroatoms. The van der Waals surface area contributed by atoms with Gasteiger partial charge in [-0.25, -0.2) is 4.68 Å². The molecule has 0 saturated heterocycles. The Morgan fingerprint density at radius 3 is 2.33 bits per heavy atom. The van der Waals surface area contributed by atoms with E-state index >= 15 is 0 Å². The molecule has 5 nitrogen and oxygen atoms in total. The molecule has 5 aromatic rings. The van der Waals surface area contributed by atoms with Gasteiger partial charge < -0.3 is 10.1 Å². The number of fused-ring (bicyclic) bond motifs is 1. The normalized spacial score (nSPS) is 11.0. The van der Waals surface area contributed by atoms with Gasteiger partial charge in [-0.15, -0.1) is 11.3 Å². The number of anilines is 1. The summed E-state index contributed by atoms with van der Waals surface area (Å²) in [5, 5.41) is 9.48. The lowest BCUT2D eigenvalue weighted by atomic mass is 10.1. The van der Waals surface area contributed by atoms with Crippen molar-refractivity contribution >= 4 is 56.3 Å². The number of halogens is 2. The number of aromatic nitrogens is 2. The Hall–Kier alpha value is -3.32. The number of ether oxygens (including phenoxy) is 1. The fourth-order valence-corrected chi connectivity index (χ4v) is 5.14. The van der Waals surface area contributed by atoms with Gasteiger partial charge in [0.05, 0.1) is 23.2 Å². The maximum absolute atomic E-state index is 13.1. The highest BCUT2D eigenvalue weighted by Crippen LogP contribution is 2.42. The topological polar surface area (TPSA) is 56.1 Å². The molecule has 33 heavy (non-hydrogen) atoms. The molecule has 3 aromatic carbocycles. The summed E-state index contributed by atoms with van der Waals surface area (Å²) in [6.45, 7) is 0. The lowest BCUT2D eigenvalue weighted by molar-refractivity contribution is 0.103. The second-order valence-electron chi connectivity index (χ2n) is 7.21. The largest absolute Gasteiger partial charge is 0.497 e. The van der Waals surface area contributed by atoms with Crippen molar-refractivity contribution in [2.75, 3.05) is 12.4 Å². The molecule has 0 aliphatic rings. The molecule has 1 amide bonds. The van der Waals surface area contributed by atoms with Crippen molar-refractivity contribution in [3.05, 3.63) is 93.8 Å². The third-order valence-electron chi connectivity index (χ3n) is 5.13. The number of carbonyl (C=O) groups is 1. The van der Waals surface area contributed by atoms with Crippen LogP contribution >= 0.6 is 34.5 Å². The van der Waals surface area contributed by atoms with Crippen LogP contribution in [0.5, 0.6) is 5.75 Å². The van der Waals surface area contributed by atoms with E-state index in [4.69, 9.17) is 33.0 Å². The third kappa shape index (κ3) is 4.09. The number of benzene rings is 3. The molecule has 5 rings (SSSR count). The minimum absolute atomic E-state index is 0.284. The van der Waals surface area contributed by atoms with Crippen LogP contribution in [0.3, 0.4) is 0 Å². The second-order valence-corrected chi connectivity index (χ2v) is 9.02. The van der Waals surface area contributed by atoms with Gasteiger partial charge in [0, 0.05) is 16.3 Å². The molecule has 0 saturated carbocycles. The second kappa shape index (κ2) is 8.90. The minimum Gasteiger partial charge on any atom is -0.497 e. The first-order valence-electron chi connectivity index (χ1n) is 10.0. The van der Waals surface area contributed by atoms with Gasteiger partial charge >= 0.3 is 0 Å². The molecule has 164 valence electrons. The molecular formula is C25H17Cl2N3O2S. The van der Waals surface area contributed by atoms with Crippen LogP contribution in [-0.4, -0.2) is 22.8 Å². The SMILES string of the molecule is COc1ccc(NC(=O)c2sc3c(c(-c4ccc(Cl)cc4)nn3-c3ccccc3)c2Cl)cc1. The Morgan fingerprint density at radius 2 is 1.67 bits per heavy atom. The summed E-state index contributed by atoms with van der Waals surface area (Å²) in [6.07, 6.45) is 0. The number of amides is 1. The molecule has 0 aliphatic carbocycles. The monoisotopic (exact) mass is 493 g/mol. The van der Waals surface area contributed by atoms with Gasteiger partial charge in [-0.1, -0.05) is 53.5 Å². The summed E-state index contributed by atoms with van der Waals surface area (Å²) in [5.74, 6) is 0.427. The van der Waals surface area contributed by atoms with Crippen LogP contribution in [0.25, 0.3) is 27.2 Å². The molecule has 0 spiro atoms. The summed E-state index contributed by atoms with van der Waals surface area (Å²) >= 11 is 14.2. The van der Waals surface area contributed by atoms with E-state index in [9.17, 15) is 4.79 Å². The van der Waals surface area contributed by atoms with Crippen molar-refractivity contribution in [1.82, 2.24) is 9.78 Å². The zero-order chi connectivity index (χ0) is 22.9. The van der Waals surface area contributed by atoms with E-state index in [0.29, 0.717) is 32.1 Å². The molecule has 2 aromatic heterocycles. The zero-order valence-electron chi connectivity index (χ0n) is 17.4. The van der Waals surface area contributed by atoms with Crippen LogP contribution in [0.1, 0.15) is 9.67 Å². The van der Waals surface area contributed by atoms with Gasteiger partial charge in [-0.2, -0.15) is 5.10 Å². The first kappa shape index (κ1) is 21.5. The van der Waals surface area contributed by atoms with E-state index < -0.39 is 0 Å². The standard InChI is InChI=1S/C25H17Cl2N3O2S/c1-32-19-13-11-17(12-14-19)28-24(31)23-21(27)20-22(15-7-9-16(26)10-8-15)29-30(25(20)33-23)18-5-3-2-4-6-18/h2-14H,1H3,(H,28,31). The molecule has 0 aliphatic heterocycles. The van der Waals surface area contributed by atoms with Crippen LogP contribution in [0, 0.1) is 0 Å². The summed E-state index contributed by atoms with van der Waals surface area (Å²) in [6, 6.07) is 24.3. The molecule has 2 heterocycles. The molecule has 0 unspecified atom stereocenters. The number of methoxy groups -OCH3 is 1. The summed E-state index contributed by atoms with van der Waals surface area (Å²) in [4.78, 5) is 14.3. The lowest BCUT2D eigenvalue weighted by Crippen LogP contribution is -2.10. The van der Waals surface area contributed by atoms with E-state index in [2.05, 4.69) is 5.32 Å². The van der Waals surface area contributed by atoms with Gasteiger partial charge in [0.25, 0.3) is 5.91 Å². The Morgan fingerprint density at radius 1 is 0.970 bits per heavy atom. The van der Waals surface area contributed by atoms with Gasteiger partial charge in [-0.05, 0) is 48.5 Å². The van der Waals surface area contributed by atoms with E-state index in [-0.39, 0.29) is 5.91 Å². The Labute approximate surface area is 204 Å². The van der Waals surface area contributed by atoms with Crippen LogP contribution in [-0.2, 0) is 0 Å². The first-order valence-corrected chi connectivity index (χ1v) is 11.6. The van der Waals surface area contributed by atoms with Crippen LogP contribution < -0.4 is 10.1 Å². The number of carbonyl (C=O) groups excluding carboxylic acids is 1. The predicted octanol–water partition coefficient (Wildman–Crippen LogP) is 7.32. The zero-order valence-corrected chi connectivity index (χ0v) is 19.7. The first-order chi connectivity index (χ1) is 16.0. The van der Waals surface area contributed by atoms with Crippen LogP contribution in [0.4, 0.5) is 5.69 Å². The van der Waals surface area contributed by atoms with E-state index in [0.717, 1.165) is 21.5 Å². The number of rotatable bonds is 5. The maximum Gasteiger partial charge on any atom is 0.267 e. The fraction of sp³-hybridized carbons (Fsp3) is 0.0400. The highest BCUT2D eigenvalue weighted by atomic mass is 35.5. The third-order valence-corrected chi connectivity index (χ3v) is 7.04. The highest BCUT2D eigenvalue weighted by Gasteiger charge is 2.25. The van der Waals surface area contributed by atoms with Crippen molar-refractivity contribution < 1.29 is 9.53 Å².